The lowest BCUT2D eigenvalue weighted by Crippen LogP contribution is -2.34. The Morgan fingerprint density at radius 3 is 2.94 bits per heavy atom. The van der Waals surface area contributed by atoms with E-state index in [2.05, 4.69) is 4.98 Å². The topological polar surface area (TPSA) is 111 Å². The molecule has 4 atom stereocenters. The van der Waals surface area contributed by atoms with Crippen molar-refractivity contribution in [3.05, 3.63) is 22.7 Å². The standard InChI is InChI=1S/C10H15N3O4S/c1-18-8-7(15)5(4-14)17-9(8)13-3-2-6(11)12-10(13)16/h2-3,5,7-9,14-15H,4H2,1H3,(H2,11,12,16)/t5-,7-,8-,9-/m1/s1. The summed E-state index contributed by atoms with van der Waals surface area (Å²) in [6.45, 7) is -0.300. The second kappa shape index (κ2) is 5.27. The van der Waals surface area contributed by atoms with Crippen molar-refractivity contribution in [2.45, 2.75) is 23.7 Å². The number of thioether (sulfide) groups is 1. The molecule has 0 bridgehead atoms. The Hall–Kier alpha value is -1.09. The molecule has 0 aliphatic carbocycles. The van der Waals surface area contributed by atoms with Gasteiger partial charge in [-0.25, -0.2) is 4.79 Å². The molecule has 0 aromatic carbocycles. The zero-order chi connectivity index (χ0) is 13.3. The quantitative estimate of drug-likeness (QED) is 0.635. The summed E-state index contributed by atoms with van der Waals surface area (Å²) in [6, 6.07) is 1.49. The molecule has 1 aromatic heterocycles. The van der Waals surface area contributed by atoms with Crippen LogP contribution in [0.5, 0.6) is 0 Å². The van der Waals surface area contributed by atoms with E-state index in [1.165, 1.54) is 28.6 Å². The van der Waals surface area contributed by atoms with Gasteiger partial charge in [-0.05, 0) is 12.3 Å². The molecular formula is C10H15N3O4S. The summed E-state index contributed by atoms with van der Waals surface area (Å²) < 4.78 is 6.77. The third-order valence-electron chi connectivity index (χ3n) is 2.89. The fourth-order valence-electron chi connectivity index (χ4n) is 1.97. The number of hydrogen-bond acceptors (Lipinski definition) is 7. The maximum Gasteiger partial charge on any atom is 0.351 e. The molecule has 1 aliphatic rings. The van der Waals surface area contributed by atoms with Crippen molar-refractivity contribution in [1.29, 1.82) is 0 Å². The molecule has 0 amide bonds. The van der Waals surface area contributed by atoms with Crippen molar-refractivity contribution >= 4 is 17.6 Å². The first kappa shape index (κ1) is 13.3. The summed E-state index contributed by atoms with van der Waals surface area (Å²) >= 11 is 1.37. The summed E-state index contributed by atoms with van der Waals surface area (Å²) in [4.78, 5) is 15.3. The highest BCUT2D eigenvalue weighted by Gasteiger charge is 2.44. The first-order chi connectivity index (χ1) is 8.58. The summed E-state index contributed by atoms with van der Waals surface area (Å²) in [5, 5.41) is 18.7. The molecule has 100 valence electrons. The van der Waals surface area contributed by atoms with Gasteiger partial charge >= 0.3 is 5.69 Å². The van der Waals surface area contributed by atoms with Gasteiger partial charge in [-0.3, -0.25) is 4.57 Å². The highest BCUT2D eigenvalue weighted by molar-refractivity contribution is 7.99. The number of ether oxygens (including phenoxy) is 1. The zero-order valence-electron chi connectivity index (χ0n) is 9.76. The predicted octanol–water partition coefficient (Wildman–Crippen LogP) is -1.19. The highest BCUT2D eigenvalue weighted by Crippen LogP contribution is 2.35. The number of nitrogens with two attached hydrogens (primary N) is 1. The lowest BCUT2D eigenvalue weighted by Gasteiger charge is -2.19. The summed E-state index contributed by atoms with van der Waals surface area (Å²) in [7, 11) is 0. The van der Waals surface area contributed by atoms with E-state index in [4.69, 9.17) is 15.6 Å². The van der Waals surface area contributed by atoms with E-state index in [0.29, 0.717) is 0 Å². The number of nitrogen functional groups attached to an aromatic ring is 1. The van der Waals surface area contributed by atoms with Gasteiger partial charge in [-0.15, -0.1) is 0 Å². The van der Waals surface area contributed by atoms with Crippen LogP contribution in [0.15, 0.2) is 17.1 Å². The first-order valence-electron chi connectivity index (χ1n) is 5.40. The van der Waals surface area contributed by atoms with Crippen LogP contribution in [0.25, 0.3) is 0 Å². The Kier molecular flexibility index (Phi) is 3.91. The average Bonchev–Trinajstić information content (AvgIpc) is 2.65. The summed E-state index contributed by atoms with van der Waals surface area (Å²) in [5.74, 6) is 0.134. The van der Waals surface area contributed by atoms with Crippen LogP contribution >= 0.6 is 11.8 Å². The average molecular weight is 273 g/mol. The van der Waals surface area contributed by atoms with Gasteiger partial charge in [0.15, 0.2) is 6.23 Å². The maximum atomic E-state index is 11.7. The molecule has 2 heterocycles. The van der Waals surface area contributed by atoms with Gasteiger partial charge in [0.2, 0.25) is 0 Å². The number of aromatic nitrogens is 2. The fraction of sp³-hybridized carbons (Fsp3) is 0.600. The van der Waals surface area contributed by atoms with E-state index < -0.39 is 24.1 Å². The van der Waals surface area contributed by atoms with Crippen LogP contribution in [0.2, 0.25) is 0 Å². The Bertz CT molecular complexity index is 480. The van der Waals surface area contributed by atoms with Gasteiger partial charge in [0.1, 0.15) is 11.9 Å². The predicted molar refractivity (Wildman–Crippen MR) is 67.2 cm³/mol. The van der Waals surface area contributed by atoms with Crippen LogP contribution in [0.4, 0.5) is 5.82 Å². The molecule has 0 unspecified atom stereocenters. The van der Waals surface area contributed by atoms with Gasteiger partial charge in [0.05, 0.1) is 18.0 Å². The zero-order valence-corrected chi connectivity index (χ0v) is 10.6. The number of nitrogens with zero attached hydrogens (tertiary/aromatic N) is 2. The maximum absolute atomic E-state index is 11.7. The van der Waals surface area contributed by atoms with Crippen LogP contribution in [-0.2, 0) is 4.74 Å². The lowest BCUT2D eigenvalue weighted by atomic mass is 10.2. The highest BCUT2D eigenvalue weighted by atomic mass is 32.2. The van der Waals surface area contributed by atoms with E-state index in [1.54, 1.807) is 6.26 Å². The molecule has 1 aliphatic heterocycles. The van der Waals surface area contributed by atoms with Gasteiger partial charge in [0, 0.05) is 6.20 Å². The number of anilines is 1. The largest absolute Gasteiger partial charge is 0.394 e. The Morgan fingerprint density at radius 2 is 2.39 bits per heavy atom. The molecular weight excluding hydrogens is 258 g/mol. The van der Waals surface area contributed by atoms with Gasteiger partial charge in [-0.1, -0.05) is 0 Å². The molecule has 4 N–H and O–H groups in total. The number of hydrogen-bond donors (Lipinski definition) is 3. The van der Waals surface area contributed by atoms with Crippen molar-refractivity contribution in [3.63, 3.8) is 0 Å². The molecule has 18 heavy (non-hydrogen) atoms. The minimum absolute atomic E-state index is 0.134. The van der Waals surface area contributed by atoms with Crippen LogP contribution in [0.1, 0.15) is 6.23 Å². The Balaban J connectivity index is 2.35. The van der Waals surface area contributed by atoms with Crippen molar-refractivity contribution in [2.24, 2.45) is 0 Å². The fourth-order valence-corrected chi connectivity index (χ4v) is 2.85. The molecule has 0 spiro atoms. The van der Waals surface area contributed by atoms with Crippen LogP contribution in [0, 0.1) is 0 Å². The number of aliphatic hydroxyl groups excluding tert-OH is 2. The van der Waals surface area contributed by atoms with E-state index in [1.807, 2.05) is 0 Å². The monoisotopic (exact) mass is 273 g/mol. The summed E-state index contributed by atoms with van der Waals surface area (Å²) in [6.07, 6.45) is 1.09. The molecule has 1 saturated heterocycles. The number of aliphatic hydroxyl groups is 2. The minimum atomic E-state index is -0.834. The van der Waals surface area contributed by atoms with Crippen LogP contribution in [-0.4, -0.2) is 50.1 Å². The third kappa shape index (κ3) is 2.24. The molecule has 2 rings (SSSR count). The molecule has 7 nitrogen and oxygen atoms in total. The van der Waals surface area contributed by atoms with E-state index in [-0.39, 0.29) is 17.7 Å². The molecule has 0 saturated carbocycles. The second-order valence-corrected chi connectivity index (χ2v) is 5.00. The van der Waals surface area contributed by atoms with Crippen molar-refractivity contribution in [3.8, 4) is 0 Å². The van der Waals surface area contributed by atoms with Crippen molar-refractivity contribution in [2.75, 3.05) is 18.6 Å². The number of rotatable bonds is 3. The molecule has 8 heteroatoms. The Morgan fingerprint density at radius 1 is 1.67 bits per heavy atom. The minimum Gasteiger partial charge on any atom is -0.394 e. The van der Waals surface area contributed by atoms with Crippen molar-refractivity contribution < 1.29 is 14.9 Å². The van der Waals surface area contributed by atoms with Gasteiger partial charge in [-0.2, -0.15) is 16.7 Å². The SMILES string of the molecule is CS[C@@H]1[C@H](O)[C@@H](CO)O[C@H]1n1ccc(N)nc1=O. The first-order valence-corrected chi connectivity index (χ1v) is 6.69. The van der Waals surface area contributed by atoms with Gasteiger partial charge in [0.25, 0.3) is 0 Å². The molecule has 0 radical (unpaired) electrons. The van der Waals surface area contributed by atoms with Crippen LogP contribution in [0.3, 0.4) is 0 Å². The molecule has 1 aromatic rings. The van der Waals surface area contributed by atoms with E-state index in [9.17, 15) is 9.90 Å². The lowest BCUT2D eigenvalue weighted by molar-refractivity contribution is -0.0456. The normalized spacial score (nSPS) is 31.7. The third-order valence-corrected chi connectivity index (χ3v) is 3.95. The van der Waals surface area contributed by atoms with Crippen molar-refractivity contribution in [1.82, 2.24) is 9.55 Å². The summed E-state index contributed by atoms with van der Waals surface area (Å²) in [5.41, 5.74) is 4.88. The van der Waals surface area contributed by atoms with E-state index >= 15 is 0 Å². The second-order valence-electron chi connectivity index (χ2n) is 3.98. The Labute approximate surface area is 108 Å². The van der Waals surface area contributed by atoms with E-state index in [0.717, 1.165) is 0 Å². The van der Waals surface area contributed by atoms with Gasteiger partial charge < -0.3 is 20.7 Å². The van der Waals surface area contributed by atoms with Crippen LogP contribution < -0.4 is 11.4 Å². The molecule has 1 fully saturated rings. The smallest absolute Gasteiger partial charge is 0.351 e.